The molecule has 0 atom stereocenters. The lowest BCUT2D eigenvalue weighted by Gasteiger charge is -2.05. The Labute approximate surface area is 85.3 Å². The van der Waals surface area contributed by atoms with Gasteiger partial charge in [0.25, 0.3) is 5.78 Å². The third-order valence-electron chi connectivity index (χ3n) is 1.27. The summed E-state index contributed by atoms with van der Waals surface area (Å²) in [5, 5.41) is 0. The molecular weight excluding hydrogens is 298 g/mol. The third-order valence-corrected chi connectivity index (χ3v) is 2.13. The smallest absolute Gasteiger partial charge is 0.284 e. The second kappa shape index (κ2) is 3.60. The van der Waals surface area contributed by atoms with E-state index >= 15 is 0 Å². The van der Waals surface area contributed by atoms with Crippen molar-refractivity contribution in [1.29, 1.82) is 0 Å². The zero-order valence-electron chi connectivity index (χ0n) is 6.10. The number of hydrogen-bond acceptors (Lipinski definition) is 2. The quantitative estimate of drug-likeness (QED) is 0.589. The molecule has 0 saturated carbocycles. The van der Waals surface area contributed by atoms with Crippen molar-refractivity contribution in [3.63, 3.8) is 0 Å². The number of aromatic nitrogens is 1. The summed E-state index contributed by atoms with van der Waals surface area (Å²) in [4.78, 5) is 14.3. The van der Waals surface area contributed by atoms with Crippen LogP contribution in [0.5, 0.6) is 0 Å². The normalized spacial score (nSPS) is 11.4. The van der Waals surface area contributed by atoms with Gasteiger partial charge in [-0.15, -0.1) is 0 Å². The summed E-state index contributed by atoms with van der Waals surface area (Å²) in [6.45, 7) is 0. The highest BCUT2D eigenvalue weighted by Gasteiger charge is 2.40. The molecule has 0 bridgehead atoms. The van der Waals surface area contributed by atoms with E-state index in [1.54, 1.807) is 22.6 Å². The number of hydrogen-bond donors (Lipinski definition) is 0. The zero-order valence-corrected chi connectivity index (χ0v) is 8.26. The Morgan fingerprint density at radius 1 is 1.46 bits per heavy atom. The summed E-state index contributed by atoms with van der Waals surface area (Å²) < 4.78 is 36.0. The van der Waals surface area contributed by atoms with Gasteiger partial charge in [-0.1, -0.05) is 0 Å². The van der Waals surface area contributed by atoms with Crippen molar-refractivity contribution >= 4 is 28.4 Å². The van der Waals surface area contributed by atoms with Gasteiger partial charge in [-0.05, 0) is 28.7 Å². The van der Waals surface area contributed by atoms with E-state index in [1.807, 2.05) is 0 Å². The summed E-state index contributed by atoms with van der Waals surface area (Å²) in [6, 6.07) is 1.05. The second-order valence-corrected chi connectivity index (χ2v) is 3.34. The Hall–Kier alpha value is -0.660. The maximum atomic E-state index is 11.9. The van der Waals surface area contributed by atoms with E-state index in [-0.39, 0.29) is 9.13 Å². The number of halogens is 4. The minimum absolute atomic E-state index is 0.197. The maximum absolute atomic E-state index is 11.9. The van der Waals surface area contributed by atoms with E-state index in [0.29, 0.717) is 0 Å². The monoisotopic (exact) mass is 301 g/mol. The van der Waals surface area contributed by atoms with Crippen LogP contribution in [0.4, 0.5) is 13.2 Å². The van der Waals surface area contributed by atoms with Crippen molar-refractivity contribution in [1.82, 2.24) is 4.98 Å². The number of nitrogens with zero attached hydrogens (tertiary/aromatic N) is 1. The Balaban J connectivity index is 3.10. The van der Waals surface area contributed by atoms with E-state index in [0.717, 1.165) is 12.3 Å². The molecule has 0 aliphatic rings. The van der Waals surface area contributed by atoms with Crippen molar-refractivity contribution < 1.29 is 18.0 Å². The number of Topliss-reactive ketones (excluding diaryl/α,β-unsaturated/α-hetero) is 1. The van der Waals surface area contributed by atoms with Crippen molar-refractivity contribution in [2.75, 3.05) is 0 Å². The Kier molecular flexibility index (Phi) is 2.89. The van der Waals surface area contributed by atoms with Crippen molar-refractivity contribution in [2.24, 2.45) is 0 Å². The van der Waals surface area contributed by atoms with Gasteiger partial charge in [0.2, 0.25) is 0 Å². The molecule has 0 N–H and O–H groups in total. The van der Waals surface area contributed by atoms with E-state index in [2.05, 4.69) is 4.98 Å². The third kappa shape index (κ3) is 2.39. The highest BCUT2D eigenvalue weighted by molar-refractivity contribution is 14.1. The van der Waals surface area contributed by atoms with E-state index in [1.165, 1.54) is 6.20 Å². The average molecular weight is 301 g/mol. The highest BCUT2D eigenvalue weighted by atomic mass is 127. The van der Waals surface area contributed by atoms with Crippen LogP contribution in [0.2, 0.25) is 0 Å². The Morgan fingerprint density at radius 3 is 2.54 bits per heavy atom. The topological polar surface area (TPSA) is 30.0 Å². The molecule has 0 unspecified atom stereocenters. The van der Waals surface area contributed by atoms with E-state index < -0.39 is 12.0 Å². The number of carbonyl (C=O) groups excluding carboxylic acids is 1. The van der Waals surface area contributed by atoms with Crippen molar-refractivity contribution in [2.45, 2.75) is 6.18 Å². The van der Waals surface area contributed by atoms with E-state index in [9.17, 15) is 18.0 Å². The van der Waals surface area contributed by atoms with Gasteiger partial charge in [0.15, 0.2) is 0 Å². The van der Waals surface area contributed by atoms with Gasteiger partial charge in [0, 0.05) is 21.5 Å². The lowest BCUT2D eigenvalue weighted by atomic mass is 10.2. The number of alkyl halides is 3. The van der Waals surface area contributed by atoms with Crippen LogP contribution in [0.25, 0.3) is 0 Å². The summed E-state index contributed by atoms with van der Waals surface area (Å²) >= 11 is 1.63. The fourth-order valence-corrected chi connectivity index (χ4v) is 1.30. The van der Waals surface area contributed by atoms with Crippen LogP contribution in [0, 0.1) is 3.57 Å². The lowest BCUT2D eigenvalue weighted by Crippen LogP contribution is -2.23. The molecule has 1 heterocycles. The predicted molar refractivity (Wildman–Crippen MR) is 47.3 cm³/mol. The van der Waals surface area contributed by atoms with Gasteiger partial charge < -0.3 is 0 Å². The number of pyridine rings is 1. The lowest BCUT2D eigenvalue weighted by molar-refractivity contribution is -0.0885. The highest BCUT2D eigenvalue weighted by Crippen LogP contribution is 2.23. The first kappa shape index (κ1) is 10.4. The summed E-state index contributed by atoms with van der Waals surface area (Å²) in [6.07, 6.45) is -2.46. The summed E-state index contributed by atoms with van der Waals surface area (Å²) in [5.74, 6) is -1.83. The fraction of sp³-hybridized carbons (Fsp3) is 0.143. The molecule has 0 spiro atoms. The molecule has 6 heteroatoms. The molecule has 1 aromatic rings. The maximum Gasteiger partial charge on any atom is 0.454 e. The molecule has 1 aromatic heterocycles. The Morgan fingerprint density at radius 2 is 2.08 bits per heavy atom. The van der Waals surface area contributed by atoms with Gasteiger partial charge in [-0.3, -0.25) is 9.78 Å². The molecule has 2 nitrogen and oxygen atoms in total. The van der Waals surface area contributed by atoms with Crippen LogP contribution in [0.15, 0.2) is 18.5 Å². The van der Waals surface area contributed by atoms with Crippen LogP contribution in [0.1, 0.15) is 10.4 Å². The average Bonchev–Trinajstić information content (AvgIpc) is 2.02. The molecule has 0 saturated heterocycles. The molecule has 70 valence electrons. The molecule has 13 heavy (non-hydrogen) atoms. The SMILES string of the molecule is O=C(c1ccncc1I)C(F)(F)F. The van der Waals surface area contributed by atoms with Gasteiger partial charge in [0.05, 0.1) is 0 Å². The zero-order chi connectivity index (χ0) is 10.1. The number of ketones is 1. The molecule has 0 fully saturated rings. The minimum Gasteiger partial charge on any atom is -0.284 e. The predicted octanol–water partition coefficient (Wildman–Crippen LogP) is 2.43. The van der Waals surface area contributed by atoms with E-state index in [4.69, 9.17) is 0 Å². The standard InChI is InChI=1S/C7H3F3INO/c8-7(9,10)6(13)4-1-2-12-3-5(4)11/h1-3H. The number of carbonyl (C=O) groups is 1. The van der Waals surface area contributed by atoms with Crippen LogP contribution < -0.4 is 0 Å². The largest absolute Gasteiger partial charge is 0.454 e. The molecule has 0 aliphatic carbocycles. The minimum atomic E-state index is -4.82. The Bertz CT molecular complexity index is 337. The molecule has 0 radical (unpaired) electrons. The molecule has 0 aliphatic heterocycles. The van der Waals surface area contributed by atoms with Gasteiger partial charge in [-0.2, -0.15) is 13.2 Å². The van der Waals surface area contributed by atoms with Crippen LogP contribution in [-0.2, 0) is 0 Å². The van der Waals surface area contributed by atoms with Crippen molar-refractivity contribution in [3.8, 4) is 0 Å². The molecule has 0 amide bonds. The van der Waals surface area contributed by atoms with Crippen LogP contribution >= 0.6 is 22.6 Å². The summed E-state index contributed by atoms with van der Waals surface area (Å²) in [5.41, 5.74) is -0.358. The van der Waals surface area contributed by atoms with Crippen molar-refractivity contribution in [3.05, 3.63) is 27.6 Å². The van der Waals surface area contributed by atoms with Gasteiger partial charge in [-0.25, -0.2) is 0 Å². The first-order valence-electron chi connectivity index (χ1n) is 3.14. The summed E-state index contributed by atoms with van der Waals surface area (Å²) in [7, 11) is 0. The van der Waals surface area contributed by atoms with Gasteiger partial charge in [0.1, 0.15) is 0 Å². The number of rotatable bonds is 1. The fourth-order valence-electron chi connectivity index (χ4n) is 0.712. The van der Waals surface area contributed by atoms with Crippen LogP contribution in [-0.4, -0.2) is 16.9 Å². The van der Waals surface area contributed by atoms with Crippen LogP contribution in [0.3, 0.4) is 0 Å². The first-order valence-corrected chi connectivity index (χ1v) is 4.22. The molecule has 1 rings (SSSR count). The van der Waals surface area contributed by atoms with Gasteiger partial charge >= 0.3 is 6.18 Å². The second-order valence-electron chi connectivity index (χ2n) is 2.18. The molecule has 0 aromatic carbocycles. The first-order chi connectivity index (χ1) is 5.93. The molecular formula is C7H3F3INO.